The van der Waals surface area contributed by atoms with Gasteiger partial charge in [0.15, 0.2) is 0 Å². The quantitative estimate of drug-likeness (QED) is 0.926. The van der Waals surface area contributed by atoms with E-state index in [4.69, 9.17) is 4.74 Å². The predicted octanol–water partition coefficient (Wildman–Crippen LogP) is 3.29. The van der Waals surface area contributed by atoms with E-state index in [1.54, 1.807) is 0 Å². The number of nitrogens with one attached hydrogen (secondary N) is 1. The third kappa shape index (κ3) is 3.23. The molecule has 0 amide bonds. The summed E-state index contributed by atoms with van der Waals surface area (Å²) in [5.74, 6) is 0. The van der Waals surface area contributed by atoms with Crippen molar-refractivity contribution in [1.29, 1.82) is 0 Å². The lowest BCUT2D eigenvalue weighted by Gasteiger charge is -2.51. The van der Waals surface area contributed by atoms with Crippen molar-refractivity contribution in [2.24, 2.45) is 0 Å². The van der Waals surface area contributed by atoms with E-state index in [1.165, 1.54) is 29.3 Å². The number of likely N-dealkylation sites (N-methyl/N-ethyl adjacent to an activating group) is 1. The Bertz CT molecular complexity index is 702. The molecule has 2 aliphatic rings. The summed E-state index contributed by atoms with van der Waals surface area (Å²) in [7, 11) is 0. The number of aromatic nitrogens is 1. The van der Waals surface area contributed by atoms with Gasteiger partial charge in [0.2, 0.25) is 0 Å². The highest BCUT2D eigenvalue weighted by atomic mass is 16.5. The number of benzene rings is 1. The number of ether oxygens (including phenoxy) is 1. The van der Waals surface area contributed by atoms with Crippen LogP contribution in [-0.4, -0.2) is 65.8 Å². The smallest absolute Gasteiger partial charge is 0.0859 e. The maximum Gasteiger partial charge on any atom is 0.0859 e. The number of aromatic amines is 1. The van der Waals surface area contributed by atoms with Crippen LogP contribution in [0.3, 0.4) is 0 Å². The number of piperidine rings is 1. The van der Waals surface area contributed by atoms with Crippen molar-refractivity contribution in [1.82, 2.24) is 14.8 Å². The van der Waals surface area contributed by atoms with Gasteiger partial charge in [-0.15, -0.1) is 0 Å². The first-order valence-electron chi connectivity index (χ1n) is 9.87. The van der Waals surface area contributed by atoms with Gasteiger partial charge in [-0.1, -0.05) is 25.1 Å². The molecule has 1 atom stereocenters. The maximum absolute atomic E-state index is 6.33. The Kier molecular flexibility index (Phi) is 4.85. The molecule has 2 fully saturated rings. The zero-order valence-corrected chi connectivity index (χ0v) is 15.6. The van der Waals surface area contributed by atoms with E-state index < -0.39 is 0 Å². The molecule has 1 N–H and O–H groups in total. The van der Waals surface area contributed by atoms with Crippen LogP contribution < -0.4 is 0 Å². The van der Waals surface area contributed by atoms with Crippen molar-refractivity contribution in [2.45, 2.75) is 44.8 Å². The number of fused-ring (bicyclic) bond motifs is 1. The highest BCUT2D eigenvalue weighted by molar-refractivity contribution is 5.83. The van der Waals surface area contributed by atoms with Gasteiger partial charge >= 0.3 is 0 Å². The van der Waals surface area contributed by atoms with E-state index in [9.17, 15) is 0 Å². The van der Waals surface area contributed by atoms with E-state index in [1.807, 2.05) is 0 Å². The minimum atomic E-state index is 0.0888. The van der Waals surface area contributed by atoms with Crippen molar-refractivity contribution >= 4 is 10.9 Å². The van der Waals surface area contributed by atoms with Crippen LogP contribution in [-0.2, 0) is 11.2 Å². The Hall–Kier alpha value is -1.36. The fourth-order valence-corrected chi connectivity index (χ4v) is 4.78. The molecule has 4 nitrogen and oxygen atoms in total. The summed E-state index contributed by atoms with van der Waals surface area (Å²) >= 11 is 0. The largest absolute Gasteiger partial charge is 0.372 e. The van der Waals surface area contributed by atoms with Gasteiger partial charge in [0.1, 0.15) is 0 Å². The number of hydrogen-bond donors (Lipinski definition) is 1. The Morgan fingerprint density at radius 3 is 2.80 bits per heavy atom. The first-order chi connectivity index (χ1) is 12.2. The molecular formula is C21H31N3O. The molecule has 1 spiro atoms. The number of nitrogens with zero attached hydrogens (tertiary/aromatic N) is 2. The van der Waals surface area contributed by atoms with Crippen molar-refractivity contribution in [3.8, 4) is 0 Å². The van der Waals surface area contributed by atoms with E-state index in [0.29, 0.717) is 6.04 Å². The molecule has 0 saturated carbocycles. The Morgan fingerprint density at radius 2 is 2.00 bits per heavy atom. The van der Waals surface area contributed by atoms with Gasteiger partial charge in [-0.2, -0.15) is 0 Å². The van der Waals surface area contributed by atoms with E-state index >= 15 is 0 Å². The second kappa shape index (κ2) is 7.10. The zero-order valence-electron chi connectivity index (χ0n) is 15.6. The van der Waals surface area contributed by atoms with Gasteiger partial charge in [-0.05, 0) is 44.4 Å². The summed E-state index contributed by atoms with van der Waals surface area (Å²) < 4.78 is 6.33. The van der Waals surface area contributed by atoms with E-state index in [0.717, 1.165) is 45.8 Å². The van der Waals surface area contributed by atoms with Crippen LogP contribution in [0, 0.1) is 0 Å². The summed E-state index contributed by atoms with van der Waals surface area (Å²) in [5.41, 5.74) is 2.78. The van der Waals surface area contributed by atoms with Crippen LogP contribution in [0.25, 0.3) is 10.9 Å². The molecule has 0 radical (unpaired) electrons. The van der Waals surface area contributed by atoms with Crippen molar-refractivity contribution in [2.75, 3.05) is 39.3 Å². The molecule has 0 bridgehead atoms. The molecule has 136 valence electrons. The molecule has 1 unspecified atom stereocenters. The van der Waals surface area contributed by atoms with Crippen LogP contribution in [0.4, 0.5) is 0 Å². The van der Waals surface area contributed by atoms with E-state index in [2.05, 4.69) is 59.1 Å². The molecule has 25 heavy (non-hydrogen) atoms. The van der Waals surface area contributed by atoms with Crippen molar-refractivity contribution in [3.05, 3.63) is 36.0 Å². The molecule has 1 aromatic heterocycles. The lowest BCUT2D eigenvalue weighted by molar-refractivity contribution is -0.165. The number of rotatable bonds is 4. The first-order valence-corrected chi connectivity index (χ1v) is 9.87. The predicted molar refractivity (Wildman–Crippen MR) is 103 cm³/mol. The average molecular weight is 341 g/mol. The minimum Gasteiger partial charge on any atom is -0.372 e. The Labute approximate surface area is 151 Å². The van der Waals surface area contributed by atoms with Gasteiger partial charge in [-0.3, -0.25) is 4.90 Å². The summed E-state index contributed by atoms with van der Waals surface area (Å²) in [4.78, 5) is 8.60. The normalized spacial score (nSPS) is 25.0. The third-order valence-electron chi connectivity index (χ3n) is 6.56. The third-order valence-corrected chi connectivity index (χ3v) is 6.56. The van der Waals surface area contributed by atoms with Crippen LogP contribution in [0.1, 0.15) is 32.3 Å². The second-order valence-corrected chi connectivity index (χ2v) is 7.67. The number of likely N-dealkylation sites (tertiary alicyclic amines) is 1. The molecule has 4 rings (SSSR count). The molecular weight excluding hydrogens is 310 g/mol. The van der Waals surface area contributed by atoms with Crippen LogP contribution >= 0.6 is 0 Å². The second-order valence-electron chi connectivity index (χ2n) is 7.67. The molecule has 0 aliphatic carbocycles. The van der Waals surface area contributed by atoms with Gasteiger partial charge < -0.3 is 14.6 Å². The summed E-state index contributed by atoms with van der Waals surface area (Å²) in [6, 6.07) is 9.15. The standard InChI is InChI=1S/C21H31N3O/c1-3-24-14-15-25-21(17(24)2)9-12-23(13-10-21)11-8-18-16-22-20-7-5-4-6-19(18)20/h4-7,16-17,22H,3,8-15H2,1-2H3. The van der Waals surface area contributed by atoms with Gasteiger partial charge in [0.05, 0.1) is 12.2 Å². The van der Waals surface area contributed by atoms with E-state index in [-0.39, 0.29) is 5.60 Å². The molecule has 4 heteroatoms. The summed E-state index contributed by atoms with van der Waals surface area (Å²) in [6.07, 6.45) is 5.63. The molecule has 2 aliphatic heterocycles. The first kappa shape index (κ1) is 17.1. The molecule has 2 aromatic rings. The van der Waals surface area contributed by atoms with Gasteiger partial charge in [0.25, 0.3) is 0 Å². The fraction of sp³-hybridized carbons (Fsp3) is 0.619. The summed E-state index contributed by atoms with van der Waals surface area (Å²) in [6.45, 7) is 11.2. The number of morpholine rings is 1. The monoisotopic (exact) mass is 341 g/mol. The van der Waals surface area contributed by atoms with Crippen LogP contribution in [0.2, 0.25) is 0 Å². The molecule has 2 saturated heterocycles. The fourth-order valence-electron chi connectivity index (χ4n) is 4.78. The average Bonchev–Trinajstić information content (AvgIpc) is 3.07. The van der Waals surface area contributed by atoms with Crippen molar-refractivity contribution in [3.63, 3.8) is 0 Å². The Balaban J connectivity index is 1.35. The molecule has 1 aromatic carbocycles. The number of para-hydroxylation sites is 1. The lowest BCUT2D eigenvalue weighted by atomic mass is 9.82. The van der Waals surface area contributed by atoms with Gasteiger partial charge in [-0.25, -0.2) is 0 Å². The maximum atomic E-state index is 6.33. The SMILES string of the molecule is CCN1CCOC2(CCN(CCc3c[nH]c4ccccc34)CC2)C1C. The van der Waals surface area contributed by atoms with Crippen molar-refractivity contribution < 1.29 is 4.74 Å². The highest BCUT2D eigenvalue weighted by Gasteiger charge is 2.44. The Morgan fingerprint density at radius 1 is 1.20 bits per heavy atom. The molecule has 3 heterocycles. The minimum absolute atomic E-state index is 0.0888. The van der Waals surface area contributed by atoms with Gasteiger partial charge in [0, 0.05) is 49.3 Å². The van der Waals surface area contributed by atoms with Crippen LogP contribution in [0.15, 0.2) is 30.5 Å². The number of hydrogen-bond acceptors (Lipinski definition) is 3. The zero-order chi connectivity index (χ0) is 17.3. The summed E-state index contributed by atoms with van der Waals surface area (Å²) in [5, 5.41) is 1.37. The topological polar surface area (TPSA) is 31.5 Å². The van der Waals surface area contributed by atoms with Crippen LogP contribution in [0.5, 0.6) is 0 Å². The lowest BCUT2D eigenvalue weighted by Crippen LogP contribution is -2.62. The number of H-pyrrole nitrogens is 1. The highest BCUT2D eigenvalue weighted by Crippen LogP contribution is 2.35.